The Labute approximate surface area is 143 Å². The number of carbonyl (C=O) groups is 3. The molecule has 2 N–H and O–H groups in total. The molecule has 0 atom stereocenters. The Morgan fingerprint density at radius 3 is 2.83 bits per heavy atom. The lowest BCUT2D eigenvalue weighted by Crippen LogP contribution is -2.44. The summed E-state index contributed by atoms with van der Waals surface area (Å²) in [6, 6.07) is 4.50. The molecule has 0 bridgehead atoms. The molecular formula is C14H12BrN5O4. The van der Waals surface area contributed by atoms with E-state index >= 15 is 0 Å². The van der Waals surface area contributed by atoms with Gasteiger partial charge >= 0.3 is 6.03 Å². The van der Waals surface area contributed by atoms with Crippen molar-refractivity contribution in [3.8, 4) is 0 Å². The Kier molecular flexibility index (Phi) is 4.30. The number of benzene rings is 1. The van der Waals surface area contributed by atoms with Crippen molar-refractivity contribution in [1.82, 2.24) is 25.3 Å². The molecule has 3 rings (SSSR count). The first-order valence-corrected chi connectivity index (χ1v) is 7.79. The highest BCUT2D eigenvalue weighted by molar-refractivity contribution is 9.10. The van der Waals surface area contributed by atoms with Crippen molar-refractivity contribution >= 4 is 44.7 Å². The number of aryl methyl sites for hydroxylation is 1. The van der Waals surface area contributed by atoms with Crippen molar-refractivity contribution in [2.45, 2.75) is 13.0 Å². The number of imide groups is 1. The van der Waals surface area contributed by atoms with E-state index in [-0.39, 0.29) is 25.1 Å². The van der Waals surface area contributed by atoms with Gasteiger partial charge < -0.3 is 0 Å². The molecule has 0 spiro atoms. The van der Waals surface area contributed by atoms with E-state index in [9.17, 15) is 19.2 Å². The van der Waals surface area contributed by atoms with Gasteiger partial charge in [0.1, 0.15) is 6.54 Å². The molecule has 124 valence electrons. The molecule has 1 aromatic carbocycles. The van der Waals surface area contributed by atoms with Gasteiger partial charge in [-0.25, -0.2) is 14.8 Å². The summed E-state index contributed by atoms with van der Waals surface area (Å²) in [5.74, 6) is -0.970. The van der Waals surface area contributed by atoms with E-state index in [1.165, 1.54) is 10.9 Å². The summed E-state index contributed by atoms with van der Waals surface area (Å²) in [6.07, 6.45) is 1.33. The van der Waals surface area contributed by atoms with Crippen molar-refractivity contribution in [3.05, 3.63) is 39.4 Å². The van der Waals surface area contributed by atoms with E-state index in [1.807, 2.05) is 5.32 Å². The lowest BCUT2D eigenvalue weighted by Gasteiger charge is -2.14. The molecule has 24 heavy (non-hydrogen) atoms. The normalized spacial score (nSPS) is 14.1. The van der Waals surface area contributed by atoms with Gasteiger partial charge in [-0.05, 0) is 18.2 Å². The van der Waals surface area contributed by atoms with Crippen LogP contribution < -0.4 is 16.3 Å². The highest BCUT2D eigenvalue weighted by Gasteiger charge is 2.27. The lowest BCUT2D eigenvalue weighted by molar-refractivity contribution is -0.125. The number of nitrogens with one attached hydrogen (secondary N) is 2. The Morgan fingerprint density at radius 2 is 2.12 bits per heavy atom. The number of halogens is 1. The van der Waals surface area contributed by atoms with E-state index in [1.54, 1.807) is 18.2 Å². The third-order valence-electron chi connectivity index (χ3n) is 3.42. The number of hydrogen-bond donors (Lipinski definition) is 2. The van der Waals surface area contributed by atoms with Crippen LogP contribution in [-0.2, 0) is 16.1 Å². The fourth-order valence-corrected chi connectivity index (χ4v) is 2.61. The average molecular weight is 394 g/mol. The first-order chi connectivity index (χ1) is 11.4. The van der Waals surface area contributed by atoms with Crippen LogP contribution in [0, 0.1) is 0 Å². The molecule has 1 aliphatic heterocycles. The molecule has 2 aromatic rings. The van der Waals surface area contributed by atoms with Crippen LogP contribution in [0.15, 0.2) is 33.8 Å². The Morgan fingerprint density at radius 1 is 1.33 bits per heavy atom. The third-order valence-corrected chi connectivity index (χ3v) is 3.91. The molecule has 2 heterocycles. The van der Waals surface area contributed by atoms with Crippen LogP contribution in [0.5, 0.6) is 0 Å². The number of aromatic nitrogens is 2. The highest BCUT2D eigenvalue weighted by Crippen LogP contribution is 2.14. The maximum atomic E-state index is 12.4. The molecule has 0 aliphatic carbocycles. The number of rotatable bonds is 4. The monoisotopic (exact) mass is 393 g/mol. The number of carbonyl (C=O) groups excluding carboxylic acids is 3. The SMILES string of the molecule is O=C1CN(NC(=O)CCn2cnc3ccc(Br)cc3c2=O)C(=O)N1. The molecule has 4 amide bonds. The number of fused-ring (bicyclic) bond motifs is 1. The van der Waals surface area contributed by atoms with Gasteiger partial charge in [0.2, 0.25) is 11.8 Å². The average Bonchev–Trinajstić information content (AvgIpc) is 2.85. The molecule has 0 saturated carbocycles. The van der Waals surface area contributed by atoms with Crippen LogP contribution in [-0.4, -0.2) is 39.0 Å². The zero-order valence-corrected chi connectivity index (χ0v) is 13.9. The van der Waals surface area contributed by atoms with Crippen LogP contribution in [0.3, 0.4) is 0 Å². The molecule has 0 radical (unpaired) electrons. The van der Waals surface area contributed by atoms with E-state index in [0.717, 1.165) is 9.48 Å². The van der Waals surface area contributed by atoms with Gasteiger partial charge in [-0.3, -0.25) is 29.7 Å². The predicted octanol–water partition coefficient (Wildman–Crippen LogP) is 0.132. The van der Waals surface area contributed by atoms with Crippen LogP contribution >= 0.6 is 15.9 Å². The highest BCUT2D eigenvalue weighted by atomic mass is 79.9. The summed E-state index contributed by atoms with van der Waals surface area (Å²) in [7, 11) is 0. The number of amides is 4. The van der Waals surface area contributed by atoms with Gasteiger partial charge in [0.25, 0.3) is 5.56 Å². The van der Waals surface area contributed by atoms with Crippen molar-refractivity contribution < 1.29 is 14.4 Å². The molecule has 0 unspecified atom stereocenters. The van der Waals surface area contributed by atoms with E-state index in [0.29, 0.717) is 10.9 Å². The second-order valence-corrected chi connectivity index (χ2v) is 6.04. The van der Waals surface area contributed by atoms with Crippen molar-refractivity contribution in [2.75, 3.05) is 6.54 Å². The second-order valence-electron chi connectivity index (χ2n) is 5.13. The van der Waals surface area contributed by atoms with Gasteiger partial charge in [-0.15, -0.1) is 0 Å². The quantitative estimate of drug-likeness (QED) is 0.716. The number of nitrogens with zero attached hydrogens (tertiary/aromatic N) is 3. The van der Waals surface area contributed by atoms with Crippen molar-refractivity contribution in [2.24, 2.45) is 0 Å². The molecular weight excluding hydrogens is 382 g/mol. The Bertz CT molecular complexity index is 910. The lowest BCUT2D eigenvalue weighted by atomic mass is 10.2. The molecule has 1 fully saturated rings. The minimum Gasteiger partial charge on any atom is -0.298 e. The van der Waals surface area contributed by atoms with E-state index in [2.05, 4.69) is 26.3 Å². The number of hydrazine groups is 1. The first-order valence-electron chi connectivity index (χ1n) is 6.99. The second kappa shape index (κ2) is 6.40. The largest absolute Gasteiger partial charge is 0.343 e. The van der Waals surface area contributed by atoms with E-state index in [4.69, 9.17) is 0 Å². The zero-order chi connectivity index (χ0) is 17.3. The molecule has 9 nitrogen and oxygen atoms in total. The van der Waals surface area contributed by atoms with Gasteiger partial charge in [0.15, 0.2) is 0 Å². The van der Waals surface area contributed by atoms with Crippen LogP contribution in [0.1, 0.15) is 6.42 Å². The topological polar surface area (TPSA) is 113 Å². The van der Waals surface area contributed by atoms with Gasteiger partial charge in [0.05, 0.1) is 17.2 Å². The van der Waals surface area contributed by atoms with Crippen molar-refractivity contribution in [1.29, 1.82) is 0 Å². The van der Waals surface area contributed by atoms with Crippen LogP contribution in [0.2, 0.25) is 0 Å². The summed E-state index contributed by atoms with van der Waals surface area (Å²) < 4.78 is 2.08. The summed E-state index contributed by atoms with van der Waals surface area (Å²) in [5, 5.41) is 3.38. The fraction of sp³-hybridized carbons (Fsp3) is 0.214. The van der Waals surface area contributed by atoms with Crippen LogP contribution in [0.4, 0.5) is 4.79 Å². The van der Waals surface area contributed by atoms with Crippen LogP contribution in [0.25, 0.3) is 10.9 Å². The minimum atomic E-state index is -0.678. The van der Waals surface area contributed by atoms with Gasteiger partial charge in [0, 0.05) is 17.4 Å². The zero-order valence-electron chi connectivity index (χ0n) is 12.3. The summed E-state index contributed by atoms with van der Waals surface area (Å²) >= 11 is 3.30. The summed E-state index contributed by atoms with van der Waals surface area (Å²) in [6.45, 7) is -0.125. The smallest absolute Gasteiger partial charge is 0.298 e. The molecule has 1 saturated heterocycles. The maximum Gasteiger partial charge on any atom is 0.343 e. The third kappa shape index (κ3) is 3.27. The van der Waals surface area contributed by atoms with Crippen molar-refractivity contribution in [3.63, 3.8) is 0 Å². The van der Waals surface area contributed by atoms with Gasteiger partial charge in [-0.1, -0.05) is 15.9 Å². The first kappa shape index (κ1) is 16.1. The molecule has 1 aliphatic rings. The molecule has 10 heteroatoms. The Hall–Kier alpha value is -2.75. The predicted molar refractivity (Wildman–Crippen MR) is 86.7 cm³/mol. The maximum absolute atomic E-state index is 12.4. The standard InChI is InChI=1S/C14H12BrN5O4/c15-8-1-2-10-9(5-8)13(23)19(7-16-10)4-3-11(21)18-20-6-12(22)17-14(20)24/h1-2,5,7H,3-4,6H2,(H,18,21)(H,17,22,24). The number of hydrogen-bond acceptors (Lipinski definition) is 5. The van der Waals surface area contributed by atoms with Gasteiger partial charge in [-0.2, -0.15) is 0 Å². The molecule has 1 aromatic heterocycles. The fourth-order valence-electron chi connectivity index (χ4n) is 2.25. The summed E-state index contributed by atoms with van der Waals surface area (Å²) in [4.78, 5) is 50.8. The number of urea groups is 1. The Balaban J connectivity index is 1.68. The summed E-state index contributed by atoms with van der Waals surface area (Å²) in [5.41, 5.74) is 2.62. The van der Waals surface area contributed by atoms with E-state index < -0.39 is 17.8 Å². The minimum absolute atomic E-state index is 0.0426.